The summed E-state index contributed by atoms with van der Waals surface area (Å²) in [5.74, 6) is -0.296. The summed E-state index contributed by atoms with van der Waals surface area (Å²) < 4.78 is 1.62. The number of ketones is 1. The molecule has 1 unspecified atom stereocenters. The van der Waals surface area contributed by atoms with Gasteiger partial charge >= 0.3 is 0 Å². The number of nitrogens with zero attached hydrogens (tertiary/aromatic N) is 4. The number of carbonyl (C=O) groups is 2. The molecule has 0 fully saturated rings. The van der Waals surface area contributed by atoms with Gasteiger partial charge in [-0.05, 0) is 43.3 Å². The number of aromatic nitrogens is 4. The van der Waals surface area contributed by atoms with Gasteiger partial charge in [-0.1, -0.05) is 23.9 Å². The lowest BCUT2D eigenvalue weighted by Crippen LogP contribution is -2.24. The molecule has 22 heavy (non-hydrogen) atoms. The van der Waals surface area contributed by atoms with Crippen LogP contribution in [0, 0.1) is 0 Å². The number of tetrazole rings is 1. The second kappa shape index (κ2) is 7.17. The van der Waals surface area contributed by atoms with Crippen molar-refractivity contribution in [3.05, 3.63) is 29.8 Å². The summed E-state index contributed by atoms with van der Waals surface area (Å²) in [6.07, 6.45) is 0. The lowest BCUT2D eigenvalue weighted by atomic mass is 10.1. The highest BCUT2D eigenvalue weighted by atomic mass is 32.2. The number of thioether (sulfide) groups is 1. The molecule has 0 spiro atoms. The molecule has 116 valence electrons. The Morgan fingerprint density at radius 1 is 1.36 bits per heavy atom. The highest BCUT2D eigenvalue weighted by Crippen LogP contribution is 2.22. The third-order valence-electron chi connectivity index (χ3n) is 3.01. The fourth-order valence-electron chi connectivity index (χ4n) is 1.82. The van der Waals surface area contributed by atoms with Gasteiger partial charge in [0.25, 0.3) is 0 Å². The van der Waals surface area contributed by atoms with E-state index in [0.717, 1.165) is 0 Å². The van der Waals surface area contributed by atoms with E-state index in [2.05, 4.69) is 20.8 Å². The van der Waals surface area contributed by atoms with E-state index in [0.29, 0.717) is 23.0 Å². The maximum absolute atomic E-state index is 12.3. The monoisotopic (exact) mass is 319 g/mol. The molecule has 2 rings (SSSR count). The van der Waals surface area contributed by atoms with Gasteiger partial charge in [0.2, 0.25) is 11.1 Å². The van der Waals surface area contributed by atoms with Gasteiger partial charge in [0.15, 0.2) is 5.78 Å². The van der Waals surface area contributed by atoms with Crippen LogP contribution in [0.15, 0.2) is 29.4 Å². The molecule has 7 nitrogen and oxygen atoms in total. The van der Waals surface area contributed by atoms with Crippen molar-refractivity contribution < 1.29 is 9.59 Å². The predicted octanol–water partition coefficient (Wildman–Crippen LogP) is 2.01. The molecule has 1 aromatic carbocycles. The maximum atomic E-state index is 12.3. The number of amides is 1. The van der Waals surface area contributed by atoms with E-state index < -0.39 is 5.25 Å². The molecule has 0 aliphatic carbocycles. The van der Waals surface area contributed by atoms with Crippen LogP contribution in [-0.4, -0.2) is 37.1 Å². The number of Topliss-reactive ketones (excluding diaryl/α,β-unsaturated/α-hetero) is 1. The van der Waals surface area contributed by atoms with Crippen molar-refractivity contribution >= 4 is 29.1 Å². The minimum atomic E-state index is -0.392. The third kappa shape index (κ3) is 3.70. The van der Waals surface area contributed by atoms with E-state index in [9.17, 15) is 9.59 Å². The lowest BCUT2D eigenvalue weighted by molar-refractivity contribution is -0.115. The molecule has 2 aromatic rings. The zero-order chi connectivity index (χ0) is 16.1. The van der Waals surface area contributed by atoms with Crippen LogP contribution < -0.4 is 5.32 Å². The van der Waals surface area contributed by atoms with Gasteiger partial charge < -0.3 is 5.32 Å². The molecule has 0 aliphatic rings. The number of hydrogen-bond acceptors (Lipinski definition) is 6. The van der Waals surface area contributed by atoms with Gasteiger partial charge in [-0.3, -0.25) is 9.59 Å². The Bertz CT molecular complexity index is 685. The van der Waals surface area contributed by atoms with Crippen molar-refractivity contribution in [2.24, 2.45) is 0 Å². The quantitative estimate of drug-likeness (QED) is 0.647. The summed E-state index contributed by atoms with van der Waals surface area (Å²) in [6.45, 7) is 5.80. The Balaban J connectivity index is 2.07. The van der Waals surface area contributed by atoms with Crippen molar-refractivity contribution in [2.45, 2.75) is 37.7 Å². The summed E-state index contributed by atoms with van der Waals surface area (Å²) >= 11 is 1.27. The Morgan fingerprint density at radius 2 is 2.09 bits per heavy atom. The van der Waals surface area contributed by atoms with Gasteiger partial charge in [-0.2, -0.15) is 0 Å². The third-order valence-corrected chi connectivity index (χ3v) is 4.09. The Hall–Kier alpha value is -2.22. The summed E-state index contributed by atoms with van der Waals surface area (Å²) in [5.41, 5.74) is 1.01. The first-order valence-electron chi connectivity index (χ1n) is 6.86. The summed E-state index contributed by atoms with van der Waals surface area (Å²) in [7, 11) is 0. The number of aryl methyl sites for hydroxylation is 1. The van der Waals surface area contributed by atoms with Crippen molar-refractivity contribution in [1.82, 2.24) is 20.2 Å². The van der Waals surface area contributed by atoms with E-state index >= 15 is 0 Å². The van der Waals surface area contributed by atoms with Crippen LogP contribution in [0.4, 0.5) is 5.69 Å². The van der Waals surface area contributed by atoms with Crippen LogP contribution in [0.1, 0.15) is 31.1 Å². The van der Waals surface area contributed by atoms with Crippen molar-refractivity contribution in [2.75, 3.05) is 5.32 Å². The molecular formula is C14H17N5O2S. The van der Waals surface area contributed by atoms with E-state index in [1.165, 1.54) is 18.7 Å². The molecule has 0 saturated carbocycles. The summed E-state index contributed by atoms with van der Waals surface area (Å²) in [6, 6.07) is 6.94. The fraction of sp³-hybridized carbons (Fsp3) is 0.357. The minimum absolute atomic E-state index is 0.0915. The Kier molecular flexibility index (Phi) is 5.26. The minimum Gasteiger partial charge on any atom is -0.324 e. The van der Waals surface area contributed by atoms with E-state index in [4.69, 9.17) is 0 Å². The van der Waals surface area contributed by atoms with Crippen molar-refractivity contribution in [3.8, 4) is 0 Å². The van der Waals surface area contributed by atoms with Gasteiger partial charge in [0.1, 0.15) is 0 Å². The summed E-state index contributed by atoms with van der Waals surface area (Å²) in [4.78, 5) is 23.9. The number of para-hydroxylation sites is 1. The molecule has 1 heterocycles. The highest BCUT2D eigenvalue weighted by Gasteiger charge is 2.19. The number of anilines is 1. The first kappa shape index (κ1) is 16.2. The Morgan fingerprint density at radius 3 is 2.77 bits per heavy atom. The maximum Gasteiger partial charge on any atom is 0.237 e. The first-order chi connectivity index (χ1) is 10.5. The van der Waals surface area contributed by atoms with Crippen LogP contribution in [0.2, 0.25) is 0 Å². The van der Waals surface area contributed by atoms with Crippen LogP contribution >= 0.6 is 11.8 Å². The van der Waals surface area contributed by atoms with E-state index in [1.54, 1.807) is 35.9 Å². The van der Waals surface area contributed by atoms with E-state index in [-0.39, 0.29) is 11.7 Å². The largest absolute Gasteiger partial charge is 0.324 e. The van der Waals surface area contributed by atoms with Crippen LogP contribution in [-0.2, 0) is 11.3 Å². The molecule has 1 amide bonds. The molecule has 8 heteroatoms. The molecule has 0 saturated heterocycles. The van der Waals surface area contributed by atoms with Gasteiger partial charge in [0, 0.05) is 12.1 Å². The molecule has 1 aromatic heterocycles. The smallest absolute Gasteiger partial charge is 0.237 e. The van der Waals surface area contributed by atoms with Gasteiger partial charge in [-0.25, -0.2) is 4.68 Å². The second-order valence-corrected chi connectivity index (χ2v) is 5.94. The Labute approximate surface area is 132 Å². The predicted molar refractivity (Wildman–Crippen MR) is 83.9 cm³/mol. The molecular weight excluding hydrogens is 302 g/mol. The normalized spacial score (nSPS) is 12.0. The van der Waals surface area contributed by atoms with E-state index in [1.807, 2.05) is 6.92 Å². The molecule has 1 N–H and O–H groups in total. The fourth-order valence-corrected chi connectivity index (χ4v) is 2.68. The SMILES string of the molecule is CCn1nnnc1SC(C)C(=O)Nc1ccccc1C(C)=O. The van der Waals surface area contributed by atoms with Crippen LogP contribution in [0.5, 0.6) is 0 Å². The summed E-state index contributed by atoms with van der Waals surface area (Å²) in [5, 5.41) is 14.3. The first-order valence-corrected chi connectivity index (χ1v) is 7.74. The van der Waals surface area contributed by atoms with Crippen LogP contribution in [0.3, 0.4) is 0 Å². The average Bonchev–Trinajstić information content (AvgIpc) is 2.94. The number of carbonyl (C=O) groups excluding carboxylic acids is 2. The molecule has 1 atom stereocenters. The average molecular weight is 319 g/mol. The zero-order valence-electron chi connectivity index (χ0n) is 12.6. The van der Waals surface area contributed by atoms with Gasteiger partial charge in [0.05, 0.1) is 10.9 Å². The number of benzene rings is 1. The molecule has 0 bridgehead atoms. The lowest BCUT2D eigenvalue weighted by Gasteiger charge is -2.13. The van der Waals surface area contributed by atoms with Crippen LogP contribution in [0.25, 0.3) is 0 Å². The van der Waals surface area contributed by atoms with Crippen molar-refractivity contribution in [3.63, 3.8) is 0 Å². The van der Waals surface area contributed by atoms with Crippen molar-refractivity contribution in [1.29, 1.82) is 0 Å². The number of nitrogens with one attached hydrogen (secondary N) is 1. The topological polar surface area (TPSA) is 89.8 Å². The molecule has 0 radical (unpaired) electrons. The van der Waals surface area contributed by atoms with Gasteiger partial charge in [-0.15, -0.1) is 5.10 Å². The number of hydrogen-bond donors (Lipinski definition) is 1. The second-order valence-electron chi connectivity index (χ2n) is 4.63. The standard InChI is InChI=1S/C14H17N5O2S/c1-4-19-14(16-17-18-19)22-10(3)13(21)15-12-8-6-5-7-11(12)9(2)20/h5-8,10H,4H2,1-3H3,(H,15,21). The molecule has 0 aliphatic heterocycles. The zero-order valence-corrected chi connectivity index (χ0v) is 13.4. The highest BCUT2D eigenvalue weighted by molar-refractivity contribution is 8.00. The number of rotatable bonds is 6.